The summed E-state index contributed by atoms with van der Waals surface area (Å²) in [5.41, 5.74) is 12.5. The average Bonchev–Trinajstić information content (AvgIpc) is 2.43. The highest BCUT2D eigenvalue weighted by molar-refractivity contribution is 6.08. The summed E-state index contributed by atoms with van der Waals surface area (Å²) in [4.78, 5) is 0. The molecule has 0 aliphatic carbocycles. The van der Waals surface area contributed by atoms with E-state index < -0.39 is 0 Å². The van der Waals surface area contributed by atoms with Crippen molar-refractivity contribution in [2.75, 3.05) is 5.73 Å². The van der Waals surface area contributed by atoms with Crippen LogP contribution in [0.25, 0.3) is 21.5 Å². The monoisotopic (exact) mass is 249 g/mol. The Morgan fingerprint density at radius 3 is 2.16 bits per heavy atom. The van der Waals surface area contributed by atoms with Gasteiger partial charge in [-0.1, -0.05) is 24.3 Å². The fourth-order valence-electron chi connectivity index (χ4n) is 3.10. The SMILES string of the molecule is Cc1c(C)c(C)c2c(C)c3ccccc3cc2c1N. The minimum atomic E-state index is 0.923. The Morgan fingerprint density at radius 1 is 0.737 bits per heavy atom. The second-order valence-corrected chi connectivity index (χ2v) is 5.43. The van der Waals surface area contributed by atoms with E-state index in [1.807, 2.05) is 0 Å². The van der Waals surface area contributed by atoms with Gasteiger partial charge in [0.15, 0.2) is 0 Å². The number of aryl methyl sites for hydroxylation is 2. The minimum Gasteiger partial charge on any atom is -0.398 e. The predicted molar refractivity (Wildman–Crippen MR) is 84.8 cm³/mol. The molecule has 1 nitrogen and oxygen atoms in total. The Labute approximate surface area is 114 Å². The molecule has 0 unspecified atom stereocenters. The van der Waals surface area contributed by atoms with E-state index in [9.17, 15) is 0 Å². The topological polar surface area (TPSA) is 26.0 Å². The molecule has 0 aliphatic rings. The molecule has 0 fully saturated rings. The molecule has 3 aromatic carbocycles. The highest BCUT2D eigenvalue weighted by Gasteiger charge is 2.13. The summed E-state index contributed by atoms with van der Waals surface area (Å²) >= 11 is 0. The van der Waals surface area contributed by atoms with Crippen LogP contribution in [-0.2, 0) is 0 Å². The van der Waals surface area contributed by atoms with Gasteiger partial charge in [-0.2, -0.15) is 0 Å². The van der Waals surface area contributed by atoms with Crippen molar-refractivity contribution in [3.63, 3.8) is 0 Å². The van der Waals surface area contributed by atoms with Gasteiger partial charge < -0.3 is 5.73 Å². The summed E-state index contributed by atoms with van der Waals surface area (Å²) < 4.78 is 0. The summed E-state index contributed by atoms with van der Waals surface area (Å²) in [5.74, 6) is 0. The molecule has 0 bridgehead atoms. The average molecular weight is 249 g/mol. The quantitative estimate of drug-likeness (QED) is 0.449. The summed E-state index contributed by atoms with van der Waals surface area (Å²) in [6.45, 7) is 8.68. The maximum absolute atomic E-state index is 6.35. The molecular weight excluding hydrogens is 230 g/mol. The Kier molecular flexibility index (Phi) is 2.53. The van der Waals surface area contributed by atoms with Gasteiger partial charge >= 0.3 is 0 Å². The zero-order chi connectivity index (χ0) is 13.7. The number of nitrogens with two attached hydrogens (primary N) is 1. The number of benzene rings is 3. The number of anilines is 1. The first-order chi connectivity index (χ1) is 9.02. The van der Waals surface area contributed by atoms with Crippen LogP contribution in [0.4, 0.5) is 5.69 Å². The second kappa shape index (κ2) is 3.99. The lowest BCUT2D eigenvalue weighted by Gasteiger charge is -2.17. The molecule has 0 heterocycles. The largest absolute Gasteiger partial charge is 0.398 e. The summed E-state index contributed by atoms with van der Waals surface area (Å²) in [6, 6.07) is 10.8. The molecule has 0 aliphatic heterocycles. The predicted octanol–water partition coefficient (Wildman–Crippen LogP) is 4.81. The van der Waals surface area contributed by atoms with Crippen LogP contribution in [0.2, 0.25) is 0 Å². The van der Waals surface area contributed by atoms with Crippen LogP contribution in [0.1, 0.15) is 22.3 Å². The first kappa shape index (κ1) is 12.0. The maximum Gasteiger partial charge on any atom is 0.0426 e. The Morgan fingerprint density at radius 2 is 1.42 bits per heavy atom. The second-order valence-electron chi connectivity index (χ2n) is 5.43. The van der Waals surface area contributed by atoms with Crippen molar-refractivity contribution in [2.45, 2.75) is 27.7 Å². The lowest BCUT2D eigenvalue weighted by molar-refractivity contribution is 1.29. The van der Waals surface area contributed by atoms with Gasteiger partial charge in [0.05, 0.1) is 0 Å². The van der Waals surface area contributed by atoms with E-state index in [2.05, 4.69) is 58.0 Å². The third-order valence-electron chi connectivity index (χ3n) is 4.50. The van der Waals surface area contributed by atoms with Gasteiger partial charge in [-0.15, -0.1) is 0 Å². The first-order valence-electron chi connectivity index (χ1n) is 6.69. The molecule has 3 rings (SSSR count). The Balaban J connectivity index is 2.66. The number of hydrogen-bond donors (Lipinski definition) is 1. The van der Waals surface area contributed by atoms with Gasteiger partial charge in [-0.3, -0.25) is 0 Å². The van der Waals surface area contributed by atoms with Gasteiger partial charge in [0, 0.05) is 11.1 Å². The molecular formula is C18H19N. The van der Waals surface area contributed by atoms with Gasteiger partial charge in [-0.05, 0) is 72.2 Å². The van der Waals surface area contributed by atoms with Crippen LogP contribution in [0, 0.1) is 27.7 Å². The number of rotatable bonds is 0. The third-order valence-corrected chi connectivity index (χ3v) is 4.50. The maximum atomic E-state index is 6.35. The number of hydrogen-bond acceptors (Lipinski definition) is 1. The van der Waals surface area contributed by atoms with E-state index >= 15 is 0 Å². The molecule has 0 atom stereocenters. The van der Waals surface area contributed by atoms with Crippen molar-refractivity contribution in [1.29, 1.82) is 0 Å². The molecule has 0 aromatic heterocycles. The normalized spacial score (nSPS) is 11.4. The molecule has 2 N–H and O–H groups in total. The van der Waals surface area contributed by atoms with Crippen molar-refractivity contribution in [1.82, 2.24) is 0 Å². The first-order valence-corrected chi connectivity index (χ1v) is 6.69. The van der Waals surface area contributed by atoms with Gasteiger partial charge in [0.25, 0.3) is 0 Å². The van der Waals surface area contributed by atoms with Gasteiger partial charge in [0.1, 0.15) is 0 Å². The van der Waals surface area contributed by atoms with Crippen LogP contribution in [-0.4, -0.2) is 0 Å². The fourth-order valence-corrected chi connectivity index (χ4v) is 3.10. The van der Waals surface area contributed by atoms with E-state index in [-0.39, 0.29) is 0 Å². The van der Waals surface area contributed by atoms with Gasteiger partial charge in [0.2, 0.25) is 0 Å². The lowest BCUT2D eigenvalue weighted by atomic mass is 9.89. The van der Waals surface area contributed by atoms with Crippen molar-refractivity contribution in [3.05, 3.63) is 52.6 Å². The van der Waals surface area contributed by atoms with E-state index in [1.165, 1.54) is 43.8 Å². The molecule has 1 heteroatoms. The molecule has 96 valence electrons. The molecule has 0 saturated carbocycles. The van der Waals surface area contributed by atoms with Crippen molar-refractivity contribution in [3.8, 4) is 0 Å². The third kappa shape index (κ3) is 1.54. The molecule has 0 saturated heterocycles. The van der Waals surface area contributed by atoms with E-state index in [4.69, 9.17) is 5.73 Å². The number of fused-ring (bicyclic) bond motifs is 2. The Bertz CT molecular complexity index is 813. The highest BCUT2D eigenvalue weighted by atomic mass is 14.6. The lowest BCUT2D eigenvalue weighted by Crippen LogP contribution is -1.99. The molecule has 0 radical (unpaired) electrons. The molecule has 19 heavy (non-hydrogen) atoms. The number of nitrogen functional groups attached to an aromatic ring is 1. The summed E-state index contributed by atoms with van der Waals surface area (Å²) in [7, 11) is 0. The minimum absolute atomic E-state index is 0.923. The summed E-state index contributed by atoms with van der Waals surface area (Å²) in [5, 5.41) is 5.10. The van der Waals surface area contributed by atoms with Crippen LogP contribution < -0.4 is 5.73 Å². The standard InChI is InChI=1S/C18H19N/c1-10-11(2)17-13(4)15-8-6-5-7-14(15)9-16(17)18(19)12(10)3/h5-9H,19H2,1-4H3. The van der Waals surface area contributed by atoms with E-state index in [1.54, 1.807) is 0 Å². The van der Waals surface area contributed by atoms with Crippen LogP contribution in [0.15, 0.2) is 30.3 Å². The smallest absolute Gasteiger partial charge is 0.0426 e. The van der Waals surface area contributed by atoms with Crippen LogP contribution in [0.3, 0.4) is 0 Å². The van der Waals surface area contributed by atoms with Crippen LogP contribution >= 0.6 is 0 Å². The zero-order valence-corrected chi connectivity index (χ0v) is 12.0. The molecule has 0 amide bonds. The Hall–Kier alpha value is -2.02. The van der Waals surface area contributed by atoms with E-state index in [0.29, 0.717) is 0 Å². The van der Waals surface area contributed by atoms with E-state index in [0.717, 1.165) is 5.69 Å². The zero-order valence-electron chi connectivity index (χ0n) is 12.0. The van der Waals surface area contributed by atoms with Crippen molar-refractivity contribution in [2.24, 2.45) is 0 Å². The van der Waals surface area contributed by atoms with Crippen molar-refractivity contribution < 1.29 is 0 Å². The summed E-state index contributed by atoms with van der Waals surface area (Å²) in [6.07, 6.45) is 0. The molecule has 0 spiro atoms. The highest BCUT2D eigenvalue weighted by Crippen LogP contribution is 2.37. The molecule has 3 aromatic rings. The van der Waals surface area contributed by atoms with Crippen molar-refractivity contribution >= 4 is 27.2 Å². The van der Waals surface area contributed by atoms with Crippen LogP contribution in [0.5, 0.6) is 0 Å². The fraction of sp³-hybridized carbons (Fsp3) is 0.222. The van der Waals surface area contributed by atoms with Gasteiger partial charge in [-0.25, -0.2) is 0 Å².